The van der Waals surface area contributed by atoms with Crippen LogP contribution >= 0.6 is 0 Å². The molecule has 8 aliphatic rings. The Morgan fingerprint density at radius 2 is 1.28 bits per heavy atom. The van der Waals surface area contributed by atoms with Gasteiger partial charge in [0, 0.05) is 0 Å². The lowest BCUT2D eigenvalue weighted by Gasteiger charge is -2.73. The normalized spacial score (nSPS) is 45.8. The lowest BCUT2D eigenvalue weighted by molar-refractivity contribution is -0.244. The van der Waals surface area contributed by atoms with E-state index < -0.39 is 11.6 Å². The molecule has 0 amide bonds. The van der Waals surface area contributed by atoms with Gasteiger partial charge in [0.15, 0.2) is 0 Å². The van der Waals surface area contributed by atoms with Crippen molar-refractivity contribution in [2.75, 3.05) is 0 Å². The average Bonchev–Trinajstić information content (AvgIpc) is 2.82. The molecule has 0 aliphatic heterocycles. The number of carboxylic acid groups (broad SMARTS) is 1. The standard InChI is InChI=1S/C33H38O3/c34-29(35)27-7-6-26(25-4-2-1-3-5-25)10-28(27)30-11-21-8-22(12-30)14-31(13-21,19-30)32-15-23-9-24(16-32)18-33(36,17-23)20-32/h1-7,10,21-24,36H,8-9,11-20H2,(H,34,35). The summed E-state index contributed by atoms with van der Waals surface area (Å²) in [6.07, 6.45) is 14.5. The van der Waals surface area contributed by atoms with Crippen LogP contribution in [0.3, 0.4) is 0 Å². The fourth-order valence-corrected chi connectivity index (χ4v) is 12.0. The SMILES string of the molecule is O=C(O)c1ccc(-c2ccccc2)cc1C12CC3CC(C1)CC(C14CC5CC(CC(O)(C5)C1)C4)(C3)C2. The van der Waals surface area contributed by atoms with Gasteiger partial charge in [-0.15, -0.1) is 0 Å². The quantitative estimate of drug-likeness (QED) is 0.484. The van der Waals surface area contributed by atoms with Crippen molar-refractivity contribution in [1.29, 1.82) is 0 Å². The highest BCUT2D eigenvalue weighted by atomic mass is 16.4. The van der Waals surface area contributed by atoms with Crippen molar-refractivity contribution in [1.82, 2.24) is 0 Å². The number of aromatic carboxylic acids is 1. The highest BCUT2D eigenvalue weighted by Crippen LogP contribution is 2.77. The van der Waals surface area contributed by atoms with E-state index in [0.717, 1.165) is 49.7 Å². The largest absolute Gasteiger partial charge is 0.478 e. The van der Waals surface area contributed by atoms with Gasteiger partial charge in [0.25, 0.3) is 0 Å². The van der Waals surface area contributed by atoms with Gasteiger partial charge in [0.1, 0.15) is 0 Å². The van der Waals surface area contributed by atoms with E-state index in [9.17, 15) is 15.0 Å². The van der Waals surface area contributed by atoms with Gasteiger partial charge in [-0.05, 0) is 146 Å². The summed E-state index contributed by atoms with van der Waals surface area (Å²) in [5.74, 6) is 2.04. The molecule has 8 bridgehead atoms. The lowest BCUT2D eigenvalue weighted by Crippen LogP contribution is -2.66. The van der Waals surface area contributed by atoms with E-state index in [4.69, 9.17) is 0 Å². The Kier molecular flexibility index (Phi) is 4.28. The first-order valence-corrected chi connectivity index (χ1v) is 14.4. The Morgan fingerprint density at radius 1 is 0.694 bits per heavy atom. The number of carboxylic acids is 1. The average molecular weight is 483 g/mol. The van der Waals surface area contributed by atoms with Gasteiger partial charge in [-0.2, -0.15) is 0 Å². The zero-order chi connectivity index (χ0) is 24.3. The first-order valence-electron chi connectivity index (χ1n) is 14.4. The molecule has 0 heterocycles. The van der Waals surface area contributed by atoms with Gasteiger partial charge < -0.3 is 10.2 Å². The van der Waals surface area contributed by atoms with Crippen LogP contribution in [-0.2, 0) is 5.41 Å². The lowest BCUT2D eigenvalue weighted by atomic mass is 9.32. The number of carbonyl (C=O) groups is 1. The highest BCUT2D eigenvalue weighted by molar-refractivity contribution is 5.91. The number of hydrogen-bond donors (Lipinski definition) is 2. The van der Waals surface area contributed by atoms with E-state index in [1.165, 1.54) is 44.1 Å². The molecule has 8 fully saturated rings. The molecule has 10 rings (SSSR count). The van der Waals surface area contributed by atoms with E-state index in [-0.39, 0.29) is 16.2 Å². The van der Waals surface area contributed by atoms with Crippen molar-refractivity contribution in [3.63, 3.8) is 0 Å². The van der Waals surface area contributed by atoms with Crippen LogP contribution in [0.4, 0.5) is 0 Å². The Labute approximate surface area is 214 Å². The monoisotopic (exact) mass is 482 g/mol. The minimum absolute atomic E-state index is 0.0332. The first-order chi connectivity index (χ1) is 17.3. The second-order valence-corrected chi connectivity index (χ2v) is 14.4. The van der Waals surface area contributed by atoms with Crippen molar-refractivity contribution in [2.24, 2.45) is 34.5 Å². The van der Waals surface area contributed by atoms with Crippen LogP contribution in [0.25, 0.3) is 11.1 Å². The summed E-state index contributed by atoms with van der Waals surface area (Å²) in [6, 6.07) is 16.6. The van der Waals surface area contributed by atoms with Crippen LogP contribution in [0.5, 0.6) is 0 Å². The first kappa shape index (κ1) is 21.9. The highest BCUT2D eigenvalue weighted by Gasteiger charge is 2.70. The second kappa shape index (κ2) is 7.04. The maximum atomic E-state index is 12.6. The molecule has 0 aromatic heterocycles. The van der Waals surface area contributed by atoms with Crippen molar-refractivity contribution in [2.45, 2.75) is 88.1 Å². The molecular weight excluding hydrogens is 444 g/mol. The van der Waals surface area contributed by atoms with Crippen LogP contribution in [0.2, 0.25) is 0 Å². The summed E-state index contributed by atoms with van der Waals surface area (Å²) >= 11 is 0. The molecule has 4 unspecified atom stereocenters. The third kappa shape index (κ3) is 2.93. The van der Waals surface area contributed by atoms with Gasteiger partial charge in [-0.1, -0.05) is 36.4 Å². The smallest absolute Gasteiger partial charge is 0.335 e. The molecule has 3 nitrogen and oxygen atoms in total. The topological polar surface area (TPSA) is 57.5 Å². The molecule has 8 saturated carbocycles. The molecule has 0 spiro atoms. The number of benzene rings is 2. The van der Waals surface area contributed by atoms with E-state index >= 15 is 0 Å². The molecule has 36 heavy (non-hydrogen) atoms. The fraction of sp³-hybridized carbons (Fsp3) is 0.606. The zero-order valence-electron chi connectivity index (χ0n) is 21.2. The molecule has 8 aliphatic carbocycles. The van der Waals surface area contributed by atoms with E-state index in [0.29, 0.717) is 29.2 Å². The van der Waals surface area contributed by atoms with Crippen molar-refractivity contribution >= 4 is 5.97 Å². The maximum absolute atomic E-state index is 12.6. The number of hydrogen-bond acceptors (Lipinski definition) is 2. The van der Waals surface area contributed by atoms with Crippen LogP contribution in [-0.4, -0.2) is 21.8 Å². The Bertz CT molecular complexity index is 1220. The van der Waals surface area contributed by atoms with Gasteiger partial charge in [0.05, 0.1) is 11.2 Å². The van der Waals surface area contributed by atoms with Gasteiger partial charge in [-0.25, -0.2) is 4.79 Å². The predicted molar refractivity (Wildman–Crippen MR) is 140 cm³/mol. The predicted octanol–water partition coefficient (Wildman–Crippen LogP) is 7.22. The summed E-state index contributed by atoms with van der Waals surface area (Å²) in [4.78, 5) is 12.6. The molecule has 188 valence electrons. The van der Waals surface area contributed by atoms with E-state index in [2.05, 4.69) is 30.3 Å². The third-order valence-electron chi connectivity index (χ3n) is 12.1. The van der Waals surface area contributed by atoms with Crippen LogP contribution in [0, 0.1) is 34.5 Å². The number of aliphatic hydroxyl groups is 1. The Balaban J connectivity index is 1.27. The minimum Gasteiger partial charge on any atom is -0.478 e. The number of rotatable bonds is 4. The second-order valence-electron chi connectivity index (χ2n) is 14.4. The molecule has 3 heteroatoms. The third-order valence-corrected chi connectivity index (χ3v) is 12.1. The maximum Gasteiger partial charge on any atom is 0.335 e. The van der Waals surface area contributed by atoms with Crippen LogP contribution < -0.4 is 0 Å². The molecular formula is C33H38O3. The summed E-state index contributed by atoms with van der Waals surface area (Å²) in [5, 5.41) is 22.0. The molecule has 0 radical (unpaired) electrons. The van der Waals surface area contributed by atoms with Crippen LogP contribution in [0.1, 0.15) is 93.0 Å². The summed E-state index contributed by atoms with van der Waals surface area (Å²) in [5.41, 5.74) is 4.03. The minimum atomic E-state index is -0.779. The Hall–Kier alpha value is -2.13. The van der Waals surface area contributed by atoms with E-state index in [1.807, 2.05) is 18.2 Å². The molecule has 0 saturated heterocycles. The molecule has 2 N–H and O–H groups in total. The van der Waals surface area contributed by atoms with Gasteiger partial charge in [-0.3, -0.25) is 0 Å². The summed E-state index contributed by atoms with van der Waals surface area (Å²) in [6.45, 7) is 0. The van der Waals surface area contributed by atoms with Gasteiger partial charge in [0.2, 0.25) is 0 Å². The zero-order valence-corrected chi connectivity index (χ0v) is 21.2. The molecule has 2 aromatic carbocycles. The van der Waals surface area contributed by atoms with Gasteiger partial charge >= 0.3 is 5.97 Å². The molecule has 4 atom stereocenters. The van der Waals surface area contributed by atoms with Crippen molar-refractivity contribution < 1.29 is 15.0 Å². The van der Waals surface area contributed by atoms with Crippen molar-refractivity contribution in [3.05, 3.63) is 59.7 Å². The fourth-order valence-electron chi connectivity index (χ4n) is 12.0. The molecule has 2 aromatic rings. The van der Waals surface area contributed by atoms with Crippen molar-refractivity contribution in [3.8, 4) is 11.1 Å². The summed E-state index contributed by atoms with van der Waals surface area (Å²) < 4.78 is 0. The Morgan fingerprint density at radius 3 is 1.86 bits per heavy atom. The summed E-state index contributed by atoms with van der Waals surface area (Å²) in [7, 11) is 0. The van der Waals surface area contributed by atoms with E-state index in [1.54, 1.807) is 0 Å². The van der Waals surface area contributed by atoms with Crippen LogP contribution in [0.15, 0.2) is 48.5 Å².